The SMILES string of the molecule is O=S(=O)(N/N=C1/CCCc2ccccc21)c1ccc(Cl)cc1. The highest BCUT2D eigenvalue weighted by Gasteiger charge is 2.17. The predicted octanol–water partition coefficient (Wildman–Crippen LogP) is 3.36. The number of rotatable bonds is 3. The minimum atomic E-state index is -3.68. The van der Waals surface area contributed by atoms with Gasteiger partial charge in [-0.05, 0) is 49.1 Å². The average molecular weight is 335 g/mol. The molecule has 0 saturated heterocycles. The number of sulfonamides is 1. The highest BCUT2D eigenvalue weighted by Crippen LogP contribution is 2.21. The maximum atomic E-state index is 12.2. The van der Waals surface area contributed by atoms with Crippen LogP contribution in [0.25, 0.3) is 0 Å². The van der Waals surface area contributed by atoms with E-state index >= 15 is 0 Å². The summed E-state index contributed by atoms with van der Waals surface area (Å²) in [5, 5.41) is 4.63. The van der Waals surface area contributed by atoms with Crippen molar-refractivity contribution >= 4 is 27.3 Å². The zero-order chi connectivity index (χ0) is 15.6. The van der Waals surface area contributed by atoms with E-state index in [1.54, 1.807) is 12.1 Å². The van der Waals surface area contributed by atoms with Crippen LogP contribution in [0.5, 0.6) is 0 Å². The summed E-state index contributed by atoms with van der Waals surface area (Å²) in [6.07, 6.45) is 2.73. The molecular weight excluding hydrogens is 320 g/mol. The first-order valence-corrected chi connectivity index (χ1v) is 8.84. The molecular formula is C16H15ClN2O2S. The lowest BCUT2D eigenvalue weighted by Gasteiger charge is -2.17. The Hall–Kier alpha value is -1.85. The van der Waals surface area contributed by atoms with Gasteiger partial charge in [-0.25, -0.2) is 0 Å². The fourth-order valence-corrected chi connectivity index (χ4v) is 3.45. The van der Waals surface area contributed by atoms with Gasteiger partial charge in [0.2, 0.25) is 0 Å². The monoisotopic (exact) mass is 334 g/mol. The molecule has 0 heterocycles. The number of nitrogens with zero attached hydrogens (tertiary/aromatic N) is 1. The van der Waals surface area contributed by atoms with E-state index in [-0.39, 0.29) is 4.90 Å². The summed E-state index contributed by atoms with van der Waals surface area (Å²) in [5.41, 5.74) is 3.00. The lowest BCUT2D eigenvalue weighted by Crippen LogP contribution is -2.22. The van der Waals surface area contributed by atoms with Crippen molar-refractivity contribution in [3.05, 3.63) is 64.7 Å². The van der Waals surface area contributed by atoms with Gasteiger partial charge in [0.1, 0.15) is 0 Å². The fourth-order valence-electron chi connectivity index (χ4n) is 2.50. The smallest absolute Gasteiger partial charge is 0.200 e. The van der Waals surface area contributed by atoms with E-state index in [0.29, 0.717) is 5.02 Å². The molecule has 0 amide bonds. The molecule has 3 rings (SSSR count). The second-order valence-electron chi connectivity index (χ2n) is 5.12. The second kappa shape index (κ2) is 6.10. The first-order valence-electron chi connectivity index (χ1n) is 6.98. The van der Waals surface area contributed by atoms with Gasteiger partial charge in [0.15, 0.2) is 0 Å². The van der Waals surface area contributed by atoms with Gasteiger partial charge in [0, 0.05) is 10.6 Å². The Morgan fingerprint density at radius 1 is 1.00 bits per heavy atom. The topological polar surface area (TPSA) is 58.5 Å². The van der Waals surface area contributed by atoms with Crippen LogP contribution < -0.4 is 4.83 Å². The van der Waals surface area contributed by atoms with E-state index in [1.807, 2.05) is 18.2 Å². The summed E-state index contributed by atoms with van der Waals surface area (Å²) < 4.78 is 24.5. The highest BCUT2D eigenvalue weighted by atomic mass is 35.5. The van der Waals surface area contributed by atoms with Crippen LogP contribution in [0.15, 0.2) is 58.5 Å². The zero-order valence-corrected chi connectivity index (χ0v) is 13.4. The van der Waals surface area contributed by atoms with Gasteiger partial charge in [0.05, 0.1) is 10.6 Å². The number of hydrazone groups is 1. The molecule has 0 aliphatic heterocycles. The number of hydrogen-bond donors (Lipinski definition) is 1. The molecule has 6 heteroatoms. The minimum Gasteiger partial charge on any atom is -0.200 e. The summed E-state index contributed by atoms with van der Waals surface area (Å²) >= 11 is 5.77. The van der Waals surface area contributed by atoms with Crippen molar-refractivity contribution in [3.63, 3.8) is 0 Å². The molecule has 114 valence electrons. The van der Waals surface area contributed by atoms with Crippen LogP contribution >= 0.6 is 11.6 Å². The number of aryl methyl sites for hydroxylation is 1. The summed E-state index contributed by atoms with van der Waals surface area (Å²) in [5.74, 6) is 0. The maximum absolute atomic E-state index is 12.2. The molecule has 1 N–H and O–H groups in total. The van der Waals surface area contributed by atoms with E-state index in [4.69, 9.17) is 11.6 Å². The molecule has 0 fully saturated rings. The number of benzene rings is 2. The van der Waals surface area contributed by atoms with E-state index in [0.717, 1.165) is 30.5 Å². The quantitative estimate of drug-likeness (QED) is 0.875. The molecule has 0 atom stereocenters. The molecule has 4 nitrogen and oxygen atoms in total. The van der Waals surface area contributed by atoms with Gasteiger partial charge >= 0.3 is 0 Å². The third-order valence-electron chi connectivity index (χ3n) is 3.61. The maximum Gasteiger partial charge on any atom is 0.276 e. The Morgan fingerprint density at radius 3 is 2.50 bits per heavy atom. The number of hydrogen-bond acceptors (Lipinski definition) is 3. The van der Waals surface area contributed by atoms with Crippen molar-refractivity contribution < 1.29 is 8.42 Å². The molecule has 22 heavy (non-hydrogen) atoms. The molecule has 1 aliphatic rings. The zero-order valence-electron chi connectivity index (χ0n) is 11.8. The average Bonchev–Trinajstić information content (AvgIpc) is 2.53. The Balaban J connectivity index is 1.87. The summed E-state index contributed by atoms with van der Waals surface area (Å²) in [6.45, 7) is 0. The first-order chi connectivity index (χ1) is 10.6. The highest BCUT2D eigenvalue weighted by molar-refractivity contribution is 7.89. The van der Waals surface area contributed by atoms with Crippen LogP contribution in [0.1, 0.15) is 24.0 Å². The fraction of sp³-hybridized carbons (Fsp3) is 0.188. The molecule has 0 bridgehead atoms. The van der Waals surface area contributed by atoms with Crippen LogP contribution in [-0.4, -0.2) is 14.1 Å². The van der Waals surface area contributed by atoms with Crippen molar-refractivity contribution in [1.29, 1.82) is 0 Å². The van der Waals surface area contributed by atoms with E-state index in [9.17, 15) is 8.42 Å². The Morgan fingerprint density at radius 2 is 1.73 bits per heavy atom. The van der Waals surface area contributed by atoms with E-state index in [1.165, 1.54) is 17.7 Å². The largest absolute Gasteiger partial charge is 0.276 e. The van der Waals surface area contributed by atoms with Gasteiger partial charge in [-0.15, -0.1) is 0 Å². The molecule has 0 spiro atoms. The van der Waals surface area contributed by atoms with Crippen molar-refractivity contribution in [3.8, 4) is 0 Å². The second-order valence-corrected chi connectivity index (χ2v) is 7.22. The molecule has 0 unspecified atom stereocenters. The van der Waals surface area contributed by atoms with Crippen LogP contribution in [0, 0.1) is 0 Å². The van der Waals surface area contributed by atoms with Crippen LogP contribution in [-0.2, 0) is 16.4 Å². The third-order valence-corrected chi connectivity index (χ3v) is 5.09. The molecule has 2 aromatic rings. The van der Waals surface area contributed by atoms with Crippen molar-refractivity contribution in [2.24, 2.45) is 5.10 Å². The predicted molar refractivity (Wildman–Crippen MR) is 87.7 cm³/mol. The Bertz CT molecular complexity index is 814. The molecule has 0 aromatic heterocycles. The number of halogens is 1. The van der Waals surface area contributed by atoms with Crippen molar-refractivity contribution in [2.45, 2.75) is 24.2 Å². The molecule has 0 radical (unpaired) electrons. The summed E-state index contributed by atoms with van der Waals surface area (Å²) in [7, 11) is -3.68. The molecule has 0 saturated carbocycles. The normalized spacial score (nSPS) is 16.3. The molecule has 1 aliphatic carbocycles. The third kappa shape index (κ3) is 3.15. The Labute approximate surface area is 134 Å². The summed E-state index contributed by atoms with van der Waals surface area (Å²) in [6, 6.07) is 14.0. The number of nitrogens with one attached hydrogen (secondary N) is 1. The summed E-state index contributed by atoms with van der Waals surface area (Å²) in [4.78, 5) is 2.47. The van der Waals surface area contributed by atoms with Gasteiger partial charge in [0.25, 0.3) is 10.0 Å². The van der Waals surface area contributed by atoms with Crippen LogP contribution in [0.3, 0.4) is 0 Å². The van der Waals surface area contributed by atoms with Gasteiger partial charge in [-0.3, -0.25) is 0 Å². The van der Waals surface area contributed by atoms with E-state index < -0.39 is 10.0 Å². The van der Waals surface area contributed by atoms with E-state index in [2.05, 4.69) is 16.0 Å². The lowest BCUT2D eigenvalue weighted by molar-refractivity contribution is 0.584. The van der Waals surface area contributed by atoms with Crippen molar-refractivity contribution in [1.82, 2.24) is 4.83 Å². The van der Waals surface area contributed by atoms with Crippen LogP contribution in [0.2, 0.25) is 5.02 Å². The van der Waals surface area contributed by atoms with Gasteiger partial charge < -0.3 is 0 Å². The van der Waals surface area contributed by atoms with Crippen molar-refractivity contribution in [2.75, 3.05) is 0 Å². The Kier molecular flexibility index (Phi) is 4.18. The van der Waals surface area contributed by atoms with Gasteiger partial charge in [-0.1, -0.05) is 35.9 Å². The first kappa shape index (κ1) is 15.1. The lowest BCUT2D eigenvalue weighted by atomic mass is 9.90. The van der Waals surface area contributed by atoms with Gasteiger partial charge in [-0.2, -0.15) is 18.4 Å². The molecule has 2 aromatic carbocycles. The number of fused-ring (bicyclic) bond motifs is 1. The standard InChI is InChI=1S/C16H15ClN2O2S/c17-13-8-10-14(11-9-13)22(20,21)19-18-16-7-3-5-12-4-1-2-6-15(12)16/h1-2,4,6,8-11,19H,3,5,7H2/b18-16-. The minimum absolute atomic E-state index is 0.144. The van der Waals surface area contributed by atoms with Crippen LogP contribution in [0.4, 0.5) is 0 Å².